The van der Waals surface area contributed by atoms with Gasteiger partial charge in [0.15, 0.2) is 0 Å². The van der Waals surface area contributed by atoms with Crippen LogP contribution in [0.4, 0.5) is 0 Å². The highest BCUT2D eigenvalue weighted by molar-refractivity contribution is 7.80. The molecule has 0 aliphatic carbocycles. The second-order valence-electron chi connectivity index (χ2n) is 5.96. The van der Waals surface area contributed by atoms with Crippen molar-refractivity contribution in [3.8, 4) is 0 Å². The van der Waals surface area contributed by atoms with Gasteiger partial charge in [-0.3, -0.25) is 0 Å². The first kappa shape index (κ1) is 14.6. The van der Waals surface area contributed by atoms with E-state index in [2.05, 4.69) is 24.6 Å². The van der Waals surface area contributed by atoms with Crippen LogP contribution in [0.5, 0.6) is 0 Å². The van der Waals surface area contributed by atoms with Gasteiger partial charge in [-0.15, -0.1) is 0 Å². The van der Waals surface area contributed by atoms with E-state index in [0.717, 1.165) is 51.5 Å². The molecule has 2 aliphatic rings. The standard InChI is InChI=1S/C14H27NO2S/c1-15(10-13-4-2-3-7-17-13)11-14(12-18)5-8-16-9-6-14/h13,18H,2-12H2,1H3. The summed E-state index contributed by atoms with van der Waals surface area (Å²) in [7, 11) is 2.22. The minimum atomic E-state index is 0.352. The molecule has 18 heavy (non-hydrogen) atoms. The third-order valence-electron chi connectivity index (χ3n) is 4.28. The Morgan fingerprint density at radius 3 is 2.61 bits per heavy atom. The normalized spacial score (nSPS) is 28.5. The van der Waals surface area contributed by atoms with Gasteiger partial charge in [-0.25, -0.2) is 0 Å². The molecule has 0 bridgehead atoms. The zero-order chi connectivity index (χ0) is 12.8. The smallest absolute Gasteiger partial charge is 0.0701 e. The van der Waals surface area contributed by atoms with Crippen LogP contribution in [0.3, 0.4) is 0 Å². The Balaban J connectivity index is 1.78. The summed E-state index contributed by atoms with van der Waals surface area (Å²) in [6.07, 6.45) is 6.52. The van der Waals surface area contributed by atoms with Crippen molar-refractivity contribution in [3.63, 3.8) is 0 Å². The molecule has 2 heterocycles. The minimum absolute atomic E-state index is 0.352. The molecule has 106 valence electrons. The third-order valence-corrected chi connectivity index (χ3v) is 4.95. The molecule has 1 unspecified atom stereocenters. The van der Waals surface area contributed by atoms with Gasteiger partial charge in [0.05, 0.1) is 6.10 Å². The lowest BCUT2D eigenvalue weighted by Gasteiger charge is -2.40. The van der Waals surface area contributed by atoms with Crippen LogP contribution < -0.4 is 0 Å². The van der Waals surface area contributed by atoms with Gasteiger partial charge in [0.25, 0.3) is 0 Å². The Morgan fingerprint density at radius 2 is 2.00 bits per heavy atom. The largest absolute Gasteiger partial charge is 0.381 e. The van der Waals surface area contributed by atoms with E-state index in [1.165, 1.54) is 19.3 Å². The lowest BCUT2D eigenvalue weighted by atomic mass is 9.81. The molecular formula is C14H27NO2S. The maximum absolute atomic E-state index is 5.82. The van der Waals surface area contributed by atoms with Crippen LogP contribution in [0, 0.1) is 5.41 Å². The van der Waals surface area contributed by atoms with Gasteiger partial charge < -0.3 is 14.4 Å². The lowest BCUT2D eigenvalue weighted by molar-refractivity contribution is -0.0217. The van der Waals surface area contributed by atoms with Crippen molar-refractivity contribution in [2.24, 2.45) is 5.41 Å². The van der Waals surface area contributed by atoms with E-state index in [-0.39, 0.29) is 0 Å². The van der Waals surface area contributed by atoms with Crippen molar-refractivity contribution in [2.45, 2.75) is 38.2 Å². The summed E-state index contributed by atoms with van der Waals surface area (Å²) >= 11 is 4.58. The Morgan fingerprint density at radius 1 is 1.22 bits per heavy atom. The Hall–Kier alpha value is 0.230. The molecule has 3 nitrogen and oxygen atoms in total. The number of rotatable bonds is 5. The van der Waals surface area contributed by atoms with Gasteiger partial charge in [-0.1, -0.05) is 0 Å². The Kier molecular flexibility index (Phi) is 5.80. The Bertz CT molecular complexity index is 238. The van der Waals surface area contributed by atoms with Crippen molar-refractivity contribution < 1.29 is 9.47 Å². The Labute approximate surface area is 117 Å². The van der Waals surface area contributed by atoms with E-state index in [1.807, 2.05) is 0 Å². The molecule has 1 atom stereocenters. The first-order valence-corrected chi connectivity index (χ1v) is 7.86. The van der Waals surface area contributed by atoms with Crippen LogP contribution in [-0.4, -0.2) is 56.7 Å². The molecule has 0 aromatic heterocycles. The van der Waals surface area contributed by atoms with E-state index >= 15 is 0 Å². The molecule has 4 heteroatoms. The molecule has 0 aromatic carbocycles. The van der Waals surface area contributed by atoms with Crippen molar-refractivity contribution in [1.82, 2.24) is 4.90 Å². The van der Waals surface area contributed by atoms with Crippen molar-refractivity contribution >= 4 is 12.6 Å². The summed E-state index contributed by atoms with van der Waals surface area (Å²) in [5, 5.41) is 0. The van der Waals surface area contributed by atoms with Gasteiger partial charge in [-0.05, 0) is 50.3 Å². The SMILES string of the molecule is CN(CC1CCCCO1)CC1(CS)CCOCC1. The summed E-state index contributed by atoms with van der Waals surface area (Å²) in [4.78, 5) is 2.44. The van der Waals surface area contributed by atoms with E-state index in [9.17, 15) is 0 Å². The van der Waals surface area contributed by atoms with Crippen LogP contribution in [0.2, 0.25) is 0 Å². The summed E-state index contributed by atoms with van der Waals surface area (Å²) in [6.45, 7) is 4.93. The molecular weight excluding hydrogens is 246 g/mol. The molecule has 0 N–H and O–H groups in total. The maximum Gasteiger partial charge on any atom is 0.0701 e. The average molecular weight is 273 g/mol. The van der Waals surface area contributed by atoms with E-state index in [1.54, 1.807) is 0 Å². The molecule has 0 saturated carbocycles. The molecule has 2 saturated heterocycles. The van der Waals surface area contributed by atoms with Gasteiger partial charge in [0.2, 0.25) is 0 Å². The van der Waals surface area contributed by atoms with Crippen molar-refractivity contribution in [2.75, 3.05) is 45.7 Å². The topological polar surface area (TPSA) is 21.7 Å². The van der Waals surface area contributed by atoms with E-state index in [0.29, 0.717) is 11.5 Å². The van der Waals surface area contributed by atoms with Crippen molar-refractivity contribution in [1.29, 1.82) is 0 Å². The van der Waals surface area contributed by atoms with Crippen LogP contribution in [0.15, 0.2) is 0 Å². The van der Waals surface area contributed by atoms with Gasteiger partial charge in [0, 0.05) is 32.9 Å². The summed E-state index contributed by atoms with van der Waals surface area (Å²) in [6, 6.07) is 0. The van der Waals surface area contributed by atoms with Gasteiger partial charge in [-0.2, -0.15) is 12.6 Å². The fourth-order valence-electron chi connectivity index (χ4n) is 3.11. The quantitative estimate of drug-likeness (QED) is 0.776. The number of thiol groups is 1. The minimum Gasteiger partial charge on any atom is -0.381 e. The number of hydrogen-bond acceptors (Lipinski definition) is 4. The van der Waals surface area contributed by atoms with Crippen LogP contribution >= 0.6 is 12.6 Å². The fourth-order valence-corrected chi connectivity index (χ4v) is 3.52. The summed E-state index contributed by atoms with van der Waals surface area (Å²) in [5.41, 5.74) is 0.352. The average Bonchev–Trinajstić information content (AvgIpc) is 2.41. The first-order valence-electron chi connectivity index (χ1n) is 7.23. The lowest BCUT2D eigenvalue weighted by Crippen LogP contribution is -2.44. The predicted octanol–water partition coefficient (Wildman–Crippen LogP) is 2.21. The second kappa shape index (κ2) is 7.13. The zero-order valence-electron chi connectivity index (χ0n) is 11.6. The van der Waals surface area contributed by atoms with Crippen LogP contribution in [-0.2, 0) is 9.47 Å². The monoisotopic (exact) mass is 273 g/mol. The molecule has 0 radical (unpaired) electrons. The molecule has 0 spiro atoms. The highest BCUT2D eigenvalue weighted by Gasteiger charge is 2.33. The van der Waals surface area contributed by atoms with Crippen LogP contribution in [0.25, 0.3) is 0 Å². The van der Waals surface area contributed by atoms with E-state index < -0.39 is 0 Å². The number of hydrogen-bond donors (Lipinski definition) is 1. The molecule has 0 aromatic rings. The summed E-state index contributed by atoms with van der Waals surface area (Å²) < 4.78 is 11.3. The second-order valence-corrected chi connectivity index (χ2v) is 6.27. The summed E-state index contributed by atoms with van der Waals surface area (Å²) in [5.74, 6) is 0.965. The highest BCUT2D eigenvalue weighted by atomic mass is 32.1. The maximum atomic E-state index is 5.82. The molecule has 2 rings (SSSR count). The van der Waals surface area contributed by atoms with Crippen molar-refractivity contribution in [3.05, 3.63) is 0 Å². The van der Waals surface area contributed by atoms with E-state index in [4.69, 9.17) is 9.47 Å². The van der Waals surface area contributed by atoms with Gasteiger partial charge in [0.1, 0.15) is 0 Å². The van der Waals surface area contributed by atoms with Crippen LogP contribution in [0.1, 0.15) is 32.1 Å². The zero-order valence-corrected chi connectivity index (χ0v) is 12.5. The molecule has 0 amide bonds. The number of ether oxygens (including phenoxy) is 2. The third kappa shape index (κ3) is 4.12. The fraction of sp³-hybridized carbons (Fsp3) is 1.00. The predicted molar refractivity (Wildman–Crippen MR) is 77.4 cm³/mol. The number of nitrogens with zero attached hydrogens (tertiary/aromatic N) is 1. The number of likely N-dealkylation sites (N-methyl/N-ethyl adjacent to an activating group) is 1. The molecule has 2 aliphatic heterocycles. The highest BCUT2D eigenvalue weighted by Crippen LogP contribution is 2.32. The molecule has 2 fully saturated rings. The first-order chi connectivity index (χ1) is 8.74. The van der Waals surface area contributed by atoms with Gasteiger partial charge >= 0.3 is 0 Å².